The van der Waals surface area contributed by atoms with E-state index in [0.29, 0.717) is 11.6 Å². The highest BCUT2D eigenvalue weighted by Crippen LogP contribution is 2.28. The Hall–Kier alpha value is -1.88. The first-order valence-electron chi connectivity index (χ1n) is 10.5. The number of carbonyl (C=O) groups is 2. The van der Waals surface area contributed by atoms with Crippen molar-refractivity contribution < 1.29 is 9.59 Å². The van der Waals surface area contributed by atoms with Gasteiger partial charge in [-0.15, -0.1) is 0 Å². The van der Waals surface area contributed by atoms with E-state index in [1.807, 2.05) is 30.0 Å². The van der Waals surface area contributed by atoms with E-state index in [2.05, 4.69) is 17.6 Å². The maximum atomic E-state index is 13.1. The second kappa shape index (κ2) is 9.36. The molecule has 2 aliphatic rings. The van der Waals surface area contributed by atoms with Crippen molar-refractivity contribution in [1.29, 1.82) is 0 Å². The third-order valence-electron chi connectivity index (χ3n) is 6.00. The number of nitrogens with zero attached hydrogens (tertiary/aromatic N) is 1. The number of carbonyl (C=O) groups excluding carboxylic acids is 2. The van der Waals surface area contributed by atoms with Gasteiger partial charge in [0.05, 0.1) is 0 Å². The molecule has 27 heavy (non-hydrogen) atoms. The summed E-state index contributed by atoms with van der Waals surface area (Å²) < 4.78 is 0. The Morgan fingerprint density at radius 1 is 1.11 bits per heavy atom. The Morgan fingerprint density at radius 3 is 2.37 bits per heavy atom. The monoisotopic (exact) mass is 371 g/mol. The number of benzene rings is 1. The summed E-state index contributed by atoms with van der Waals surface area (Å²) in [4.78, 5) is 27.7. The lowest BCUT2D eigenvalue weighted by Crippen LogP contribution is -2.54. The van der Waals surface area contributed by atoms with Gasteiger partial charge in [0.1, 0.15) is 6.04 Å². The fourth-order valence-electron chi connectivity index (χ4n) is 3.65. The summed E-state index contributed by atoms with van der Waals surface area (Å²) in [5, 5.41) is 6.65. The molecule has 1 aliphatic heterocycles. The fraction of sp³-hybridized carbons (Fsp3) is 0.636. The van der Waals surface area contributed by atoms with Crippen LogP contribution in [0.4, 0.5) is 0 Å². The number of likely N-dealkylation sites (tertiary alicyclic amines) is 1. The van der Waals surface area contributed by atoms with Crippen LogP contribution in [-0.2, 0) is 4.79 Å². The number of piperidine rings is 1. The molecule has 0 radical (unpaired) electrons. The van der Waals surface area contributed by atoms with E-state index in [0.717, 1.165) is 44.8 Å². The largest absolute Gasteiger partial charge is 0.341 e. The van der Waals surface area contributed by atoms with Crippen molar-refractivity contribution in [2.24, 2.45) is 11.8 Å². The molecule has 0 aromatic heterocycles. The van der Waals surface area contributed by atoms with Crippen LogP contribution in [0.25, 0.3) is 0 Å². The van der Waals surface area contributed by atoms with Crippen LogP contribution in [0.5, 0.6) is 0 Å². The summed E-state index contributed by atoms with van der Waals surface area (Å²) in [6.07, 6.45) is 5.57. The Balaban J connectivity index is 1.55. The van der Waals surface area contributed by atoms with E-state index in [1.165, 1.54) is 12.8 Å². The molecule has 5 nitrogen and oxygen atoms in total. The number of hydrogen-bond donors (Lipinski definition) is 2. The van der Waals surface area contributed by atoms with Crippen molar-refractivity contribution in [3.63, 3.8) is 0 Å². The summed E-state index contributed by atoms with van der Waals surface area (Å²) in [6, 6.07) is 9.20. The predicted molar refractivity (Wildman–Crippen MR) is 107 cm³/mol. The van der Waals surface area contributed by atoms with Gasteiger partial charge in [-0.2, -0.15) is 0 Å². The highest BCUT2D eigenvalue weighted by atomic mass is 16.2. The Kier molecular flexibility index (Phi) is 6.89. The quantitative estimate of drug-likeness (QED) is 0.739. The summed E-state index contributed by atoms with van der Waals surface area (Å²) in [7, 11) is 0. The third kappa shape index (κ3) is 5.55. The van der Waals surface area contributed by atoms with Gasteiger partial charge >= 0.3 is 0 Å². The maximum Gasteiger partial charge on any atom is 0.251 e. The molecule has 2 unspecified atom stereocenters. The SMILES string of the molecule is CCC(C)C(NC(=O)c1ccccc1)C(=O)N1CCC(NCC2CC2)CC1. The minimum Gasteiger partial charge on any atom is -0.341 e. The van der Waals surface area contributed by atoms with Crippen LogP contribution >= 0.6 is 0 Å². The lowest BCUT2D eigenvalue weighted by atomic mass is 9.95. The fourth-order valence-corrected chi connectivity index (χ4v) is 3.65. The van der Waals surface area contributed by atoms with Gasteiger partial charge in [-0.25, -0.2) is 0 Å². The lowest BCUT2D eigenvalue weighted by Gasteiger charge is -2.36. The van der Waals surface area contributed by atoms with E-state index in [9.17, 15) is 9.59 Å². The lowest BCUT2D eigenvalue weighted by molar-refractivity contribution is -0.135. The highest BCUT2D eigenvalue weighted by Gasteiger charge is 2.32. The Labute approximate surface area is 162 Å². The van der Waals surface area contributed by atoms with Crippen molar-refractivity contribution in [2.45, 2.75) is 58.0 Å². The number of rotatable bonds is 8. The number of amides is 2. The molecule has 0 spiro atoms. The van der Waals surface area contributed by atoms with E-state index >= 15 is 0 Å². The third-order valence-corrected chi connectivity index (χ3v) is 6.00. The molecule has 1 saturated carbocycles. The Bertz CT molecular complexity index is 622. The number of nitrogens with one attached hydrogen (secondary N) is 2. The smallest absolute Gasteiger partial charge is 0.251 e. The van der Waals surface area contributed by atoms with Gasteiger partial charge in [-0.1, -0.05) is 38.5 Å². The first-order valence-corrected chi connectivity index (χ1v) is 10.5. The van der Waals surface area contributed by atoms with Gasteiger partial charge in [-0.05, 0) is 56.2 Å². The van der Waals surface area contributed by atoms with Gasteiger partial charge in [0.15, 0.2) is 0 Å². The molecule has 1 heterocycles. The summed E-state index contributed by atoms with van der Waals surface area (Å²) in [5.41, 5.74) is 0.599. The molecule has 2 amide bonds. The van der Waals surface area contributed by atoms with E-state index in [4.69, 9.17) is 0 Å². The molecule has 2 atom stereocenters. The molecular weight excluding hydrogens is 338 g/mol. The van der Waals surface area contributed by atoms with E-state index in [1.54, 1.807) is 12.1 Å². The van der Waals surface area contributed by atoms with Crippen molar-refractivity contribution in [1.82, 2.24) is 15.5 Å². The molecule has 3 rings (SSSR count). The minimum absolute atomic E-state index is 0.0641. The molecular formula is C22H33N3O2. The second-order valence-corrected chi connectivity index (χ2v) is 8.15. The molecule has 1 aromatic carbocycles. The molecule has 0 bridgehead atoms. The molecule has 148 valence electrons. The van der Waals surface area contributed by atoms with E-state index in [-0.39, 0.29) is 17.7 Å². The minimum atomic E-state index is -0.460. The predicted octanol–water partition coefficient (Wildman–Crippen LogP) is 2.82. The van der Waals surface area contributed by atoms with E-state index < -0.39 is 6.04 Å². The maximum absolute atomic E-state index is 13.1. The van der Waals surface area contributed by atoms with Gasteiger partial charge in [0.2, 0.25) is 5.91 Å². The van der Waals surface area contributed by atoms with Crippen molar-refractivity contribution in [2.75, 3.05) is 19.6 Å². The van der Waals surface area contributed by atoms with Crippen molar-refractivity contribution in [3.05, 3.63) is 35.9 Å². The van der Waals surface area contributed by atoms with Crippen LogP contribution in [0, 0.1) is 11.8 Å². The van der Waals surface area contributed by atoms with Crippen LogP contribution < -0.4 is 10.6 Å². The highest BCUT2D eigenvalue weighted by molar-refractivity contribution is 5.97. The summed E-state index contributed by atoms with van der Waals surface area (Å²) in [5.74, 6) is 0.882. The van der Waals surface area contributed by atoms with Crippen LogP contribution in [0.2, 0.25) is 0 Å². The van der Waals surface area contributed by atoms with Gasteiger partial charge < -0.3 is 15.5 Å². The van der Waals surface area contributed by atoms with Gasteiger partial charge in [-0.3, -0.25) is 9.59 Å². The topological polar surface area (TPSA) is 61.4 Å². The molecule has 1 aromatic rings. The molecule has 5 heteroatoms. The first kappa shape index (κ1) is 19.9. The van der Waals surface area contributed by atoms with Crippen LogP contribution in [0.3, 0.4) is 0 Å². The van der Waals surface area contributed by atoms with Crippen LogP contribution in [0.15, 0.2) is 30.3 Å². The molecule has 1 aliphatic carbocycles. The summed E-state index contributed by atoms with van der Waals surface area (Å²) in [6.45, 7) is 6.78. The second-order valence-electron chi connectivity index (χ2n) is 8.15. The number of hydrogen-bond acceptors (Lipinski definition) is 3. The average molecular weight is 372 g/mol. The summed E-state index contributed by atoms with van der Waals surface area (Å²) >= 11 is 0. The standard InChI is InChI=1S/C22H33N3O2/c1-3-16(2)20(24-21(26)18-7-5-4-6-8-18)22(27)25-13-11-19(12-14-25)23-15-17-9-10-17/h4-8,16-17,19-20,23H,3,9-15H2,1-2H3,(H,24,26). The molecule has 2 N–H and O–H groups in total. The van der Waals surface area contributed by atoms with Crippen LogP contribution in [-0.4, -0.2) is 48.4 Å². The first-order chi connectivity index (χ1) is 13.1. The molecule has 2 fully saturated rings. The average Bonchev–Trinajstić information content (AvgIpc) is 3.55. The zero-order valence-corrected chi connectivity index (χ0v) is 16.6. The Morgan fingerprint density at radius 2 is 1.78 bits per heavy atom. The normalized spacial score (nSPS) is 20.1. The van der Waals surface area contributed by atoms with Crippen molar-refractivity contribution in [3.8, 4) is 0 Å². The van der Waals surface area contributed by atoms with Crippen molar-refractivity contribution >= 4 is 11.8 Å². The van der Waals surface area contributed by atoms with Crippen LogP contribution in [0.1, 0.15) is 56.3 Å². The zero-order valence-electron chi connectivity index (χ0n) is 16.6. The molecule has 1 saturated heterocycles. The van der Waals surface area contributed by atoms with Gasteiger partial charge in [0, 0.05) is 24.7 Å². The zero-order chi connectivity index (χ0) is 19.2. The van der Waals surface area contributed by atoms with Gasteiger partial charge in [0.25, 0.3) is 5.91 Å².